The fourth-order valence-electron chi connectivity index (χ4n) is 0.149. The van der Waals surface area contributed by atoms with E-state index in [-0.39, 0.29) is 0 Å². The van der Waals surface area contributed by atoms with Crippen molar-refractivity contribution in [1.29, 1.82) is 0 Å². The Labute approximate surface area is 51.5 Å². The highest BCUT2D eigenvalue weighted by atomic mass is 16.6. The number of hydrogen-bond donors (Lipinski definition) is 0. The highest BCUT2D eigenvalue weighted by Gasteiger charge is 1.60. The summed E-state index contributed by atoms with van der Waals surface area (Å²) in [5, 5.41) is 3.47. The molecule has 0 saturated carbocycles. The molecule has 0 N–H and O–H groups in total. The zero-order valence-corrected chi connectivity index (χ0v) is 6.14. The van der Waals surface area contributed by atoms with Crippen LogP contribution in [0.15, 0.2) is 5.16 Å². The van der Waals surface area contributed by atoms with Gasteiger partial charge in [-0.05, 0) is 13.8 Å². The van der Waals surface area contributed by atoms with Crippen LogP contribution in [0.5, 0.6) is 0 Å². The summed E-state index contributed by atoms with van der Waals surface area (Å²) in [5.41, 5.74) is 0. The van der Waals surface area contributed by atoms with Crippen LogP contribution in [0.2, 0.25) is 0 Å². The number of nitrogens with zero attached hydrogens (tertiary/aromatic N) is 1. The van der Waals surface area contributed by atoms with Crippen molar-refractivity contribution < 1.29 is 4.84 Å². The lowest BCUT2D eigenvalue weighted by Crippen LogP contribution is -1.75. The van der Waals surface area contributed by atoms with E-state index in [1.54, 1.807) is 6.21 Å². The molecule has 0 aromatic rings. The fourth-order valence-corrected chi connectivity index (χ4v) is 0.149. The normalized spacial score (nSPS) is 8.00. The summed E-state index contributed by atoms with van der Waals surface area (Å²) in [6.45, 7) is 8.37. The van der Waals surface area contributed by atoms with E-state index in [1.807, 2.05) is 27.7 Å². The Hall–Kier alpha value is -0.530. The summed E-state index contributed by atoms with van der Waals surface area (Å²) < 4.78 is 0. The Balaban J connectivity index is 0. The van der Waals surface area contributed by atoms with Crippen molar-refractivity contribution in [3.05, 3.63) is 0 Å². The zero-order chi connectivity index (χ0) is 6.83. The standard InChI is InChI=1S/C4H9NO.C2H6/c1-3-5-6-4-2;1-2/h3H,4H2,1-2H3;1-2H3/b5-3-;. The summed E-state index contributed by atoms with van der Waals surface area (Å²) >= 11 is 0. The van der Waals surface area contributed by atoms with Crippen LogP contribution in [0.4, 0.5) is 0 Å². The predicted molar refractivity (Wildman–Crippen MR) is 37.1 cm³/mol. The Morgan fingerprint density at radius 3 is 2.12 bits per heavy atom. The quantitative estimate of drug-likeness (QED) is 0.400. The number of rotatable bonds is 2. The first-order chi connectivity index (χ1) is 3.91. The minimum Gasteiger partial charge on any atom is -0.396 e. The van der Waals surface area contributed by atoms with Gasteiger partial charge in [-0.2, -0.15) is 0 Å². The van der Waals surface area contributed by atoms with Gasteiger partial charge in [0.05, 0.1) is 0 Å². The van der Waals surface area contributed by atoms with Crippen molar-refractivity contribution in [3.63, 3.8) is 0 Å². The molecular weight excluding hydrogens is 102 g/mol. The van der Waals surface area contributed by atoms with Crippen LogP contribution in [0.25, 0.3) is 0 Å². The fraction of sp³-hybridized carbons (Fsp3) is 0.833. The monoisotopic (exact) mass is 117 g/mol. The molecule has 0 spiro atoms. The van der Waals surface area contributed by atoms with Gasteiger partial charge < -0.3 is 4.84 Å². The SMILES string of the molecule is C/C=N\OCC.CC. The first kappa shape index (κ1) is 10.5. The van der Waals surface area contributed by atoms with Gasteiger partial charge >= 0.3 is 0 Å². The van der Waals surface area contributed by atoms with E-state index in [0.717, 1.165) is 0 Å². The van der Waals surface area contributed by atoms with Crippen molar-refractivity contribution in [3.8, 4) is 0 Å². The maximum Gasteiger partial charge on any atom is 0.114 e. The second-order valence-corrected chi connectivity index (χ2v) is 0.781. The van der Waals surface area contributed by atoms with Crippen LogP contribution in [-0.4, -0.2) is 12.8 Å². The first-order valence-corrected chi connectivity index (χ1v) is 3.01. The van der Waals surface area contributed by atoms with Crippen molar-refractivity contribution in [2.75, 3.05) is 6.61 Å². The van der Waals surface area contributed by atoms with E-state index in [4.69, 9.17) is 0 Å². The van der Waals surface area contributed by atoms with Gasteiger partial charge in [-0.3, -0.25) is 0 Å². The van der Waals surface area contributed by atoms with Crippen LogP contribution in [0.1, 0.15) is 27.7 Å². The summed E-state index contributed by atoms with van der Waals surface area (Å²) in [6.07, 6.45) is 1.61. The minimum absolute atomic E-state index is 0.657. The molecule has 2 heteroatoms. The largest absolute Gasteiger partial charge is 0.396 e. The smallest absolute Gasteiger partial charge is 0.114 e. The molecule has 0 unspecified atom stereocenters. The van der Waals surface area contributed by atoms with Gasteiger partial charge in [0, 0.05) is 6.21 Å². The third-order valence-electron chi connectivity index (χ3n) is 0.309. The van der Waals surface area contributed by atoms with Crippen LogP contribution in [-0.2, 0) is 4.84 Å². The van der Waals surface area contributed by atoms with Gasteiger partial charge in [-0.15, -0.1) is 0 Å². The summed E-state index contributed by atoms with van der Waals surface area (Å²) in [7, 11) is 0. The van der Waals surface area contributed by atoms with E-state index in [9.17, 15) is 0 Å². The van der Waals surface area contributed by atoms with Gasteiger partial charge in [0.15, 0.2) is 0 Å². The molecule has 0 aliphatic rings. The molecule has 2 nitrogen and oxygen atoms in total. The average Bonchev–Trinajstić information content (AvgIpc) is 1.88. The molecule has 0 amide bonds. The second-order valence-electron chi connectivity index (χ2n) is 0.781. The molecular formula is C6H15NO. The number of hydrogen-bond acceptors (Lipinski definition) is 2. The summed E-state index contributed by atoms with van der Waals surface area (Å²) in [6, 6.07) is 0. The van der Waals surface area contributed by atoms with Crippen LogP contribution >= 0.6 is 0 Å². The van der Waals surface area contributed by atoms with Crippen molar-refractivity contribution in [2.24, 2.45) is 5.16 Å². The first-order valence-electron chi connectivity index (χ1n) is 3.01. The molecule has 0 saturated heterocycles. The van der Waals surface area contributed by atoms with E-state index in [1.165, 1.54) is 0 Å². The van der Waals surface area contributed by atoms with Crippen molar-refractivity contribution in [2.45, 2.75) is 27.7 Å². The van der Waals surface area contributed by atoms with Gasteiger partial charge in [-0.25, -0.2) is 0 Å². The lowest BCUT2D eigenvalue weighted by Gasteiger charge is -1.84. The molecule has 0 heterocycles. The second kappa shape index (κ2) is 16.1. The molecule has 0 bridgehead atoms. The molecule has 0 aliphatic carbocycles. The molecule has 0 aromatic heterocycles. The van der Waals surface area contributed by atoms with Crippen LogP contribution in [0.3, 0.4) is 0 Å². The lowest BCUT2D eigenvalue weighted by molar-refractivity contribution is 0.160. The Bertz CT molecular complexity index is 43.8. The molecule has 50 valence electrons. The molecule has 0 fully saturated rings. The number of oxime groups is 1. The zero-order valence-electron chi connectivity index (χ0n) is 6.14. The third-order valence-corrected chi connectivity index (χ3v) is 0.309. The molecule has 0 radical (unpaired) electrons. The molecule has 0 aromatic carbocycles. The Morgan fingerprint density at radius 2 is 2.00 bits per heavy atom. The summed E-state index contributed by atoms with van der Waals surface area (Å²) in [4.78, 5) is 4.55. The van der Waals surface area contributed by atoms with E-state index in [2.05, 4.69) is 9.99 Å². The minimum atomic E-state index is 0.657. The van der Waals surface area contributed by atoms with Gasteiger partial charge in [-0.1, -0.05) is 19.0 Å². The predicted octanol–water partition coefficient (Wildman–Crippen LogP) is 2.05. The molecule has 8 heavy (non-hydrogen) atoms. The highest BCUT2D eigenvalue weighted by molar-refractivity contribution is 5.52. The Kier molecular flexibility index (Phi) is 21.0. The molecule has 0 atom stereocenters. The third kappa shape index (κ3) is 17.9. The van der Waals surface area contributed by atoms with E-state index >= 15 is 0 Å². The Morgan fingerprint density at radius 1 is 1.50 bits per heavy atom. The van der Waals surface area contributed by atoms with Gasteiger partial charge in [0.1, 0.15) is 6.61 Å². The average molecular weight is 117 g/mol. The van der Waals surface area contributed by atoms with E-state index < -0.39 is 0 Å². The van der Waals surface area contributed by atoms with Crippen molar-refractivity contribution >= 4 is 6.21 Å². The molecule has 0 aliphatic heterocycles. The lowest BCUT2D eigenvalue weighted by atomic mass is 10.9. The van der Waals surface area contributed by atoms with Crippen molar-refractivity contribution in [1.82, 2.24) is 0 Å². The summed E-state index contributed by atoms with van der Waals surface area (Å²) in [5.74, 6) is 0. The molecule has 0 rings (SSSR count). The highest BCUT2D eigenvalue weighted by Crippen LogP contribution is 1.67. The topological polar surface area (TPSA) is 21.6 Å². The maximum absolute atomic E-state index is 4.55. The van der Waals surface area contributed by atoms with Crippen LogP contribution in [0, 0.1) is 0 Å². The maximum atomic E-state index is 4.55. The van der Waals surface area contributed by atoms with E-state index in [0.29, 0.717) is 6.61 Å². The van der Waals surface area contributed by atoms with Gasteiger partial charge in [0.2, 0.25) is 0 Å². The van der Waals surface area contributed by atoms with Gasteiger partial charge in [0.25, 0.3) is 0 Å². The van der Waals surface area contributed by atoms with Crippen LogP contribution < -0.4 is 0 Å².